The van der Waals surface area contributed by atoms with E-state index < -0.39 is 0 Å². The van der Waals surface area contributed by atoms with Gasteiger partial charge in [0.05, 0.1) is 24.5 Å². The third kappa shape index (κ3) is 3.08. The van der Waals surface area contributed by atoms with Crippen LogP contribution in [0.1, 0.15) is 5.56 Å². The molecule has 0 aliphatic rings. The first-order chi connectivity index (χ1) is 11.6. The number of phenols is 1. The number of hydrogen-bond donors (Lipinski definition) is 2. The van der Waals surface area contributed by atoms with Gasteiger partial charge in [0.2, 0.25) is 5.91 Å². The van der Waals surface area contributed by atoms with Crippen molar-refractivity contribution in [3.8, 4) is 11.5 Å². The van der Waals surface area contributed by atoms with Gasteiger partial charge < -0.3 is 15.2 Å². The smallest absolute Gasteiger partial charge is 0.248 e. The summed E-state index contributed by atoms with van der Waals surface area (Å²) >= 11 is 0. The molecular formula is C18H17N3O3. The van der Waals surface area contributed by atoms with Crippen LogP contribution in [0.2, 0.25) is 0 Å². The first-order valence-corrected chi connectivity index (χ1v) is 7.35. The predicted octanol–water partition coefficient (Wildman–Crippen LogP) is 2.94. The number of para-hydroxylation sites is 1. The normalized spacial score (nSPS) is 11.1. The zero-order valence-corrected chi connectivity index (χ0v) is 13.4. The number of amides is 1. The van der Waals surface area contributed by atoms with Crippen LogP contribution >= 0.6 is 0 Å². The Morgan fingerprint density at radius 2 is 2.17 bits per heavy atom. The summed E-state index contributed by atoms with van der Waals surface area (Å²) in [6.45, 7) is 0. The number of aromatic nitrogens is 2. The van der Waals surface area contributed by atoms with Crippen molar-refractivity contribution in [1.29, 1.82) is 0 Å². The Labute approximate surface area is 139 Å². The molecule has 0 spiro atoms. The molecule has 6 heteroatoms. The lowest BCUT2D eigenvalue weighted by molar-refractivity contribution is -0.111. The van der Waals surface area contributed by atoms with Crippen molar-refractivity contribution >= 4 is 28.6 Å². The molecule has 122 valence electrons. The van der Waals surface area contributed by atoms with Crippen LogP contribution in [-0.4, -0.2) is 27.9 Å². The van der Waals surface area contributed by atoms with E-state index >= 15 is 0 Å². The summed E-state index contributed by atoms with van der Waals surface area (Å²) in [5.41, 5.74) is 2.25. The second-order valence-corrected chi connectivity index (χ2v) is 5.27. The van der Waals surface area contributed by atoms with Crippen LogP contribution in [0, 0.1) is 0 Å². The number of nitrogens with zero attached hydrogens (tertiary/aromatic N) is 2. The van der Waals surface area contributed by atoms with Gasteiger partial charge in [0.25, 0.3) is 0 Å². The topological polar surface area (TPSA) is 76.4 Å². The van der Waals surface area contributed by atoms with E-state index in [0.717, 1.165) is 10.9 Å². The quantitative estimate of drug-likeness (QED) is 0.724. The van der Waals surface area contributed by atoms with Gasteiger partial charge in [-0.2, -0.15) is 5.10 Å². The first kappa shape index (κ1) is 15.6. The summed E-state index contributed by atoms with van der Waals surface area (Å²) in [7, 11) is 3.31. The maximum Gasteiger partial charge on any atom is 0.248 e. The van der Waals surface area contributed by atoms with Crippen molar-refractivity contribution in [2.24, 2.45) is 7.05 Å². The third-order valence-corrected chi connectivity index (χ3v) is 3.65. The second-order valence-electron chi connectivity index (χ2n) is 5.27. The number of aryl methyl sites for hydroxylation is 1. The number of phenolic OH excluding ortho intramolecular Hbond substituents is 1. The Morgan fingerprint density at radius 1 is 1.33 bits per heavy atom. The van der Waals surface area contributed by atoms with E-state index in [0.29, 0.717) is 17.0 Å². The molecule has 24 heavy (non-hydrogen) atoms. The number of ether oxygens (including phenoxy) is 1. The van der Waals surface area contributed by atoms with Gasteiger partial charge in [-0.3, -0.25) is 9.48 Å². The lowest BCUT2D eigenvalue weighted by Crippen LogP contribution is -2.09. The van der Waals surface area contributed by atoms with Gasteiger partial charge in [-0.25, -0.2) is 0 Å². The minimum Gasteiger partial charge on any atom is -0.504 e. The zero-order valence-electron chi connectivity index (χ0n) is 13.4. The van der Waals surface area contributed by atoms with Crippen molar-refractivity contribution in [3.05, 3.63) is 54.2 Å². The molecule has 0 unspecified atom stereocenters. The maximum absolute atomic E-state index is 12.2. The van der Waals surface area contributed by atoms with Gasteiger partial charge in [0.15, 0.2) is 11.5 Å². The van der Waals surface area contributed by atoms with Crippen molar-refractivity contribution in [2.45, 2.75) is 0 Å². The molecule has 1 heterocycles. The van der Waals surface area contributed by atoms with E-state index in [1.165, 1.54) is 19.3 Å². The highest BCUT2D eigenvalue weighted by atomic mass is 16.5. The summed E-state index contributed by atoms with van der Waals surface area (Å²) in [6, 6.07) is 10.6. The molecule has 3 rings (SSSR count). The summed E-state index contributed by atoms with van der Waals surface area (Å²) in [6.07, 6.45) is 4.79. The molecule has 0 aliphatic heterocycles. The summed E-state index contributed by atoms with van der Waals surface area (Å²) in [4.78, 5) is 12.2. The molecule has 0 saturated heterocycles. The number of hydrogen-bond acceptors (Lipinski definition) is 4. The van der Waals surface area contributed by atoms with E-state index in [2.05, 4.69) is 10.4 Å². The Hall–Kier alpha value is -3.28. The monoisotopic (exact) mass is 323 g/mol. The second kappa shape index (κ2) is 6.45. The zero-order chi connectivity index (χ0) is 17.1. The number of nitrogens with one attached hydrogen (secondary N) is 1. The molecule has 0 aliphatic carbocycles. The number of aromatic hydroxyl groups is 1. The largest absolute Gasteiger partial charge is 0.504 e. The molecule has 0 fully saturated rings. The average molecular weight is 323 g/mol. The molecule has 3 aromatic rings. The van der Waals surface area contributed by atoms with Crippen molar-refractivity contribution in [2.75, 3.05) is 12.4 Å². The van der Waals surface area contributed by atoms with Crippen LogP contribution in [0.25, 0.3) is 17.0 Å². The standard InChI is InChI=1S/C18H17N3O3/c1-21-18-13(11-19-21)4-3-5-14(18)20-17(23)9-7-12-6-8-16(24-2)15(22)10-12/h3-11,22H,1-2H3,(H,20,23). The number of benzene rings is 2. The number of carbonyl (C=O) groups excluding carboxylic acids is 1. The van der Waals surface area contributed by atoms with Gasteiger partial charge >= 0.3 is 0 Å². The Kier molecular flexibility index (Phi) is 4.20. The van der Waals surface area contributed by atoms with E-state index in [4.69, 9.17) is 4.74 Å². The van der Waals surface area contributed by atoms with Crippen LogP contribution in [0.3, 0.4) is 0 Å². The molecule has 0 saturated carbocycles. The van der Waals surface area contributed by atoms with E-state index in [9.17, 15) is 9.90 Å². The maximum atomic E-state index is 12.2. The third-order valence-electron chi connectivity index (χ3n) is 3.65. The van der Waals surface area contributed by atoms with Gasteiger partial charge in [0, 0.05) is 18.5 Å². The Morgan fingerprint density at radius 3 is 2.92 bits per heavy atom. The summed E-state index contributed by atoms with van der Waals surface area (Å²) in [5, 5.41) is 17.7. The number of anilines is 1. The molecular weight excluding hydrogens is 306 g/mol. The molecule has 1 amide bonds. The van der Waals surface area contributed by atoms with Crippen LogP contribution in [0.15, 0.2) is 48.7 Å². The molecule has 0 bridgehead atoms. The first-order valence-electron chi connectivity index (χ1n) is 7.35. The molecule has 1 aromatic heterocycles. The van der Waals surface area contributed by atoms with E-state index in [1.807, 2.05) is 25.2 Å². The average Bonchev–Trinajstić information content (AvgIpc) is 2.95. The van der Waals surface area contributed by atoms with E-state index in [-0.39, 0.29) is 11.7 Å². The van der Waals surface area contributed by atoms with Crippen LogP contribution in [-0.2, 0) is 11.8 Å². The number of rotatable bonds is 4. The Bertz CT molecular complexity index is 928. The van der Waals surface area contributed by atoms with Gasteiger partial charge in [0.1, 0.15) is 0 Å². The molecule has 6 nitrogen and oxygen atoms in total. The van der Waals surface area contributed by atoms with Crippen molar-refractivity contribution in [3.63, 3.8) is 0 Å². The minimum atomic E-state index is -0.265. The molecule has 0 radical (unpaired) electrons. The number of carbonyl (C=O) groups is 1. The van der Waals surface area contributed by atoms with Crippen LogP contribution in [0.5, 0.6) is 11.5 Å². The Balaban J connectivity index is 1.77. The molecule has 2 aromatic carbocycles. The lowest BCUT2D eigenvalue weighted by atomic mass is 10.2. The number of fused-ring (bicyclic) bond motifs is 1. The van der Waals surface area contributed by atoms with Crippen molar-refractivity contribution in [1.82, 2.24) is 9.78 Å². The molecule has 0 atom stereocenters. The SMILES string of the molecule is COc1ccc(C=CC(=O)Nc2cccc3cnn(C)c23)cc1O. The van der Waals surface area contributed by atoms with Gasteiger partial charge in [-0.05, 0) is 29.8 Å². The molecule has 2 N–H and O–H groups in total. The minimum absolute atomic E-state index is 0.0275. The van der Waals surface area contributed by atoms with Gasteiger partial charge in [-0.15, -0.1) is 0 Å². The highest BCUT2D eigenvalue weighted by Crippen LogP contribution is 2.27. The van der Waals surface area contributed by atoms with Crippen LogP contribution in [0.4, 0.5) is 5.69 Å². The van der Waals surface area contributed by atoms with Gasteiger partial charge in [-0.1, -0.05) is 18.2 Å². The fourth-order valence-electron chi connectivity index (χ4n) is 2.49. The fraction of sp³-hybridized carbons (Fsp3) is 0.111. The van der Waals surface area contributed by atoms with Crippen molar-refractivity contribution < 1.29 is 14.6 Å². The highest BCUT2D eigenvalue weighted by Gasteiger charge is 2.07. The predicted molar refractivity (Wildman–Crippen MR) is 93.0 cm³/mol. The lowest BCUT2D eigenvalue weighted by Gasteiger charge is -2.06. The summed E-state index contributed by atoms with van der Waals surface area (Å²) in [5.74, 6) is 0.151. The van der Waals surface area contributed by atoms with E-state index in [1.54, 1.807) is 29.1 Å². The van der Waals surface area contributed by atoms with Crippen LogP contribution < -0.4 is 10.1 Å². The summed E-state index contributed by atoms with van der Waals surface area (Å²) < 4.78 is 6.71. The highest BCUT2D eigenvalue weighted by molar-refractivity contribution is 6.06. The number of methoxy groups -OCH3 is 1. The fourth-order valence-corrected chi connectivity index (χ4v) is 2.49.